The number of benzene rings is 2. The molecule has 0 unspecified atom stereocenters. The predicted octanol–water partition coefficient (Wildman–Crippen LogP) is 3.42. The van der Waals surface area contributed by atoms with E-state index in [1.54, 1.807) is 7.11 Å². The van der Waals surface area contributed by atoms with Crippen LogP contribution in [-0.2, 0) is 17.6 Å². The Morgan fingerprint density at radius 3 is 2.54 bits per heavy atom. The maximum Gasteiger partial charge on any atom is 0.242 e. The van der Waals surface area contributed by atoms with Gasteiger partial charge in [-0.25, -0.2) is 0 Å². The fourth-order valence-corrected chi connectivity index (χ4v) is 2.47. The van der Waals surface area contributed by atoms with Crippen LogP contribution in [0.3, 0.4) is 0 Å². The van der Waals surface area contributed by atoms with E-state index in [9.17, 15) is 4.79 Å². The van der Waals surface area contributed by atoms with Gasteiger partial charge in [-0.05, 0) is 55.2 Å². The highest BCUT2D eigenvalue weighted by Gasteiger charge is 2.12. The molecule has 0 aliphatic heterocycles. The van der Waals surface area contributed by atoms with Gasteiger partial charge in [0, 0.05) is 12.2 Å². The molecule has 128 valence electrons. The molecule has 1 amide bonds. The highest BCUT2D eigenvalue weighted by atomic mass is 16.5. The lowest BCUT2D eigenvalue weighted by atomic mass is 10.1. The number of nitrogens with one attached hydrogen (secondary N) is 2. The predicted molar refractivity (Wildman–Crippen MR) is 98.6 cm³/mol. The summed E-state index contributed by atoms with van der Waals surface area (Å²) in [6.45, 7) is 4.61. The van der Waals surface area contributed by atoms with Crippen molar-refractivity contribution < 1.29 is 9.53 Å². The van der Waals surface area contributed by atoms with Crippen LogP contribution in [0.2, 0.25) is 0 Å². The summed E-state index contributed by atoms with van der Waals surface area (Å²) in [5.41, 5.74) is 3.41. The van der Waals surface area contributed by atoms with Crippen molar-refractivity contribution in [3.63, 3.8) is 0 Å². The van der Waals surface area contributed by atoms with Gasteiger partial charge >= 0.3 is 0 Å². The summed E-state index contributed by atoms with van der Waals surface area (Å²) in [6, 6.07) is 15.8. The molecule has 2 aromatic carbocycles. The van der Waals surface area contributed by atoms with Crippen molar-refractivity contribution in [1.82, 2.24) is 5.32 Å². The Labute approximate surface area is 144 Å². The summed E-state index contributed by atoms with van der Waals surface area (Å²) in [5.74, 6) is 0.848. The van der Waals surface area contributed by atoms with Gasteiger partial charge < -0.3 is 15.4 Å². The fourth-order valence-electron chi connectivity index (χ4n) is 2.47. The van der Waals surface area contributed by atoms with E-state index in [0.717, 1.165) is 24.3 Å². The largest absolute Gasteiger partial charge is 0.497 e. The lowest BCUT2D eigenvalue weighted by molar-refractivity contribution is -0.121. The van der Waals surface area contributed by atoms with Crippen LogP contribution in [0.5, 0.6) is 5.75 Å². The molecule has 0 saturated heterocycles. The molecule has 4 heteroatoms. The first-order valence-corrected chi connectivity index (χ1v) is 8.38. The minimum Gasteiger partial charge on any atom is -0.497 e. The zero-order chi connectivity index (χ0) is 17.4. The third kappa shape index (κ3) is 5.30. The number of aryl methyl sites for hydroxylation is 1. The van der Waals surface area contributed by atoms with Crippen molar-refractivity contribution in [3.8, 4) is 5.75 Å². The Balaban J connectivity index is 1.78. The average Bonchev–Trinajstić information content (AvgIpc) is 2.62. The summed E-state index contributed by atoms with van der Waals surface area (Å²) in [6.07, 6.45) is 1.78. The number of methoxy groups -OCH3 is 1. The Morgan fingerprint density at radius 2 is 1.88 bits per heavy atom. The van der Waals surface area contributed by atoms with Crippen LogP contribution in [0.4, 0.5) is 5.69 Å². The van der Waals surface area contributed by atoms with E-state index in [4.69, 9.17) is 4.74 Å². The molecule has 0 heterocycles. The molecule has 0 radical (unpaired) electrons. The van der Waals surface area contributed by atoms with Crippen molar-refractivity contribution in [2.24, 2.45) is 0 Å². The van der Waals surface area contributed by atoms with Gasteiger partial charge in [0.2, 0.25) is 5.91 Å². The van der Waals surface area contributed by atoms with Crippen LogP contribution in [0.15, 0.2) is 48.5 Å². The summed E-state index contributed by atoms with van der Waals surface area (Å²) in [5, 5.41) is 6.23. The van der Waals surface area contributed by atoms with E-state index in [1.807, 2.05) is 43.3 Å². The second-order valence-electron chi connectivity index (χ2n) is 5.81. The molecule has 0 spiro atoms. The number of carbonyl (C=O) groups is 1. The highest BCUT2D eigenvalue weighted by Crippen LogP contribution is 2.13. The number of ether oxygens (including phenoxy) is 1. The molecular weight excluding hydrogens is 300 g/mol. The van der Waals surface area contributed by atoms with E-state index in [-0.39, 0.29) is 11.9 Å². The van der Waals surface area contributed by atoms with Crippen molar-refractivity contribution in [1.29, 1.82) is 0 Å². The molecule has 2 N–H and O–H groups in total. The lowest BCUT2D eigenvalue weighted by Crippen LogP contribution is -2.38. The first-order valence-electron chi connectivity index (χ1n) is 8.38. The zero-order valence-corrected chi connectivity index (χ0v) is 14.6. The zero-order valence-electron chi connectivity index (χ0n) is 14.6. The number of amides is 1. The van der Waals surface area contributed by atoms with E-state index in [0.29, 0.717) is 6.54 Å². The number of hydrogen-bond donors (Lipinski definition) is 2. The fraction of sp³-hybridized carbons (Fsp3) is 0.350. The molecule has 2 aromatic rings. The minimum atomic E-state index is -0.270. The summed E-state index contributed by atoms with van der Waals surface area (Å²) in [4.78, 5) is 12.2. The topological polar surface area (TPSA) is 50.4 Å². The Morgan fingerprint density at radius 1 is 1.12 bits per heavy atom. The smallest absolute Gasteiger partial charge is 0.242 e. The van der Waals surface area contributed by atoms with Crippen molar-refractivity contribution in [3.05, 3.63) is 59.7 Å². The van der Waals surface area contributed by atoms with Crippen LogP contribution in [0.25, 0.3) is 0 Å². The van der Waals surface area contributed by atoms with E-state index >= 15 is 0 Å². The first-order chi connectivity index (χ1) is 11.6. The molecule has 0 aliphatic carbocycles. The van der Waals surface area contributed by atoms with E-state index in [2.05, 4.69) is 29.7 Å². The van der Waals surface area contributed by atoms with Gasteiger partial charge in [0.15, 0.2) is 0 Å². The maximum atomic E-state index is 12.2. The van der Waals surface area contributed by atoms with Crippen molar-refractivity contribution >= 4 is 11.6 Å². The number of anilines is 1. The van der Waals surface area contributed by atoms with Crippen LogP contribution in [-0.4, -0.2) is 25.6 Å². The van der Waals surface area contributed by atoms with Crippen LogP contribution < -0.4 is 15.4 Å². The molecule has 1 atom stereocenters. The third-order valence-electron chi connectivity index (χ3n) is 3.98. The van der Waals surface area contributed by atoms with Gasteiger partial charge in [0.25, 0.3) is 0 Å². The molecule has 0 aliphatic rings. The number of hydrogen-bond acceptors (Lipinski definition) is 3. The second-order valence-corrected chi connectivity index (χ2v) is 5.81. The Bertz CT molecular complexity index is 653. The molecule has 0 fully saturated rings. The molecule has 0 aromatic heterocycles. The number of carbonyl (C=O) groups excluding carboxylic acids is 1. The summed E-state index contributed by atoms with van der Waals surface area (Å²) < 4.78 is 5.14. The maximum absolute atomic E-state index is 12.2. The molecular formula is C20H26N2O2. The van der Waals surface area contributed by atoms with Gasteiger partial charge in [-0.2, -0.15) is 0 Å². The van der Waals surface area contributed by atoms with Gasteiger partial charge in [-0.3, -0.25) is 4.79 Å². The lowest BCUT2D eigenvalue weighted by Gasteiger charge is -2.16. The minimum absolute atomic E-state index is 0.00501. The standard InChI is InChI=1S/C20H26N2O2/c1-4-16-6-5-7-18(14-16)22-15(2)20(23)21-13-12-17-8-10-19(24-3)11-9-17/h5-11,14-15,22H,4,12-13H2,1-3H3,(H,21,23)/t15-/m1/s1. The molecule has 2 rings (SSSR count). The normalized spacial score (nSPS) is 11.6. The Kier molecular flexibility index (Phi) is 6.67. The van der Waals surface area contributed by atoms with Crippen LogP contribution in [0.1, 0.15) is 25.0 Å². The molecule has 0 bridgehead atoms. The molecule has 4 nitrogen and oxygen atoms in total. The van der Waals surface area contributed by atoms with E-state index in [1.165, 1.54) is 11.1 Å². The molecule has 24 heavy (non-hydrogen) atoms. The van der Waals surface area contributed by atoms with Crippen LogP contribution >= 0.6 is 0 Å². The van der Waals surface area contributed by atoms with Crippen LogP contribution in [0, 0.1) is 0 Å². The van der Waals surface area contributed by atoms with Gasteiger partial charge in [0.1, 0.15) is 11.8 Å². The number of rotatable bonds is 8. The third-order valence-corrected chi connectivity index (χ3v) is 3.98. The monoisotopic (exact) mass is 326 g/mol. The quantitative estimate of drug-likeness (QED) is 0.781. The first kappa shape index (κ1) is 17.9. The summed E-state index contributed by atoms with van der Waals surface area (Å²) in [7, 11) is 1.65. The average molecular weight is 326 g/mol. The highest BCUT2D eigenvalue weighted by molar-refractivity contribution is 5.84. The van der Waals surface area contributed by atoms with Crippen molar-refractivity contribution in [2.75, 3.05) is 19.0 Å². The van der Waals surface area contributed by atoms with Gasteiger partial charge in [-0.15, -0.1) is 0 Å². The van der Waals surface area contributed by atoms with Gasteiger partial charge in [-0.1, -0.05) is 31.2 Å². The summed E-state index contributed by atoms with van der Waals surface area (Å²) >= 11 is 0. The Hall–Kier alpha value is -2.49. The van der Waals surface area contributed by atoms with Crippen molar-refractivity contribution in [2.45, 2.75) is 32.7 Å². The SMILES string of the molecule is CCc1cccc(N[C@H](C)C(=O)NCCc2ccc(OC)cc2)c1. The van der Waals surface area contributed by atoms with Gasteiger partial charge in [0.05, 0.1) is 7.11 Å². The second kappa shape index (κ2) is 8.96. The van der Waals surface area contributed by atoms with E-state index < -0.39 is 0 Å². The molecule has 0 saturated carbocycles.